The molecule has 146 valence electrons. The number of halogens is 4. The lowest BCUT2D eigenvalue weighted by atomic mass is 10.1. The molecule has 3 aromatic rings. The fourth-order valence-electron chi connectivity index (χ4n) is 2.31. The molecule has 1 aromatic carbocycles. The lowest BCUT2D eigenvalue weighted by molar-refractivity contribution is -0.141. The number of thiophene rings is 1. The molecule has 0 atom stereocenters. The standard InChI is InChI=1S/C17H14ClF3N6S/c18-13-6-5-11(28-13)16-25-12(17(19,20)21)8-15(26-16)24-10-3-1-9(2-4-10)7-14(22)27-23/h1-6,8H,7,23H2,(H2,22,27)(H,24,25,26). The second-order valence-corrected chi connectivity index (χ2v) is 7.40. The van der Waals surface area contributed by atoms with E-state index in [-0.39, 0.29) is 17.5 Å². The predicted molar refractivity (Wildman–Crippen MR) is 105 cm³/mol. The van der Waals surface area contributed by atoms with Crippen molar-refractivity contribution in [3.8, 4) is 10.7 Å². The van der Waals surface area contributed by atoms with E-state index in [0.29, 0.717) is 21.3 Å². The van der Waals surface area contributed by atoms with Gasteiger partial charge >= 0.3 is 6.18 Å². The fraction of sp³-hybridized carbons (Fsp3) is 0.118. The number of nitrogens with two attached hydrogens (primary N) is 2. The number of rotatable bonds is 5. The summed E-state index contributed by atoms with van der Waals surface area (Å²) in [7, 11) is 0. The van der Waals surface area contributed by atoms with E-state index in [1.54, 1.807) is 36.4 Å². The Bertz CT molecular complexity index is 1000. The van der Waals surface area contributed by atoms with E-state index in [1.165, 1.54) is 0 Å². The zero-order chi connectivity index (χ0) is 20.3. The number of alkyl halides is 3. The van der Waals surface area contributed by atoms with Crippen LogP contribution in [0.15, 0.2) is 47.6 Å². The Kier molecular flexibility index (Phi) is 5.71. The predicted octanol–water partition coefficient (Wildman–Crippen LogP) is 4.39. The average molecular weight is 427 g/mol. The van der Waals surface area contributed by atoms with Crippen molar-refractivity contribution in [3.05, 3.63) is 58.1 Å². The maximum atomic E-state index is 13.2. The molecule has 0 aliphatic carbocycles. The van der Waals surface area contributed by atoms with E-state index in [4.69, 9.17) is 23.2 Å². The molecule has 2 heterocycles. The second-order valence-electron chi connectivity index (χ2n) is 5.68. The van der Waals surface area contributed by atoms with Crippen LogP contribution >= 0.6 is 22.9 Å². The molecule has 0 aliphatic rings. The molecule has 5 N–H and O–H groups in total. The highest BCUT2D eigenvalue weighted by Crippen LogP contribution is 2.34. The van der Waals surface area contributed by atoms with Gasteiger partial charge < -0.3 is 16.9 Å². The van der Waals surface area contributed by atoms with Crippen LogP contribution in [0.5, 0.6) is 0 Å². The van der Waals surface area contributed by atoms with Crippen molar-refractivity contribution in [1.29, 1.82) is 0 Å². The lowest BCUT2D eigenvalue weighted by Crippen LogP contribution is -2.16. The topological polar surface area (TPSA) is 102 Å². The molecule has 11 heteroatoms. The van der Waals surface area contributed by atoms with Crippen LogP contribution in [0.4, 0.5) is 24.7 Å². The van der Waals surface area contributed by atoms with Crippen molar-refractivity contribution >= 4 is 40.3 Å². The highest BCUT2D eigenvalue weighted by molar-refractivity contribution is 7.19. The summed E-state index contributed by atoms with van der Waals surface area (Å²) in [5, 5.41) is 6.26. The second kappa shape index (κ2) is 8.03. The Hall–Kier alpha value is -2.85. The average Bonchev–Trinajstić information content (AvgIpc) is 3.09. The molecule has 0 saturated heterocycles. The Morgan fingerprint density at radius 1 is 1.14 bits per heavy atom. The monoisotopic (exact) mass is 426 g/mol. The minimum absolute atomic E-state index is 0.0117. The van der Waals surface area contributed by atoms with Gasteiger partial charge in [0.05, 0.1) is 9.21 Å². The first-order valence-electron chi connectivity index (χ1n) is 7.85. The lowest BCUT2D eigenvalue weighted by Gasteiger charge is -2.12. The molecule has 3 rings (SSSR count). The van der Waals surface area contributed by atoms with E-state index in [0.717, 1.165) is 23.0 Å². The summed E-state index contributed by atoms with van der Waals surface area (Å²) >= 11 is 6.97. The molecular formula is C17H14ClF3N6S. The molecule has 6 nitrogen and oxygen atoms in total. The first-order valence-corrected chi connectivity index (χ1v) is 9.04. The van der Waals surface area contributed by atoms with Gasteiger partial charge in [-0.25, -0.2) is 9.97 Å². The first-order chi connectivity index (χ1) is 13.2. The largest absolute Gasteiger partial charge is 0.433 e. The van der Waals surface area contributed by atoms with Crippen LogP contribution in [0.3, 0.4) is 0 Å². The third-order valence-electron chi connectivity index (χ3n) is 3.59. The molecule has 0 unspecified atom stereocenters. The molecule has 0 bridgehead atoms. The van der Waals surface area contributed by atoms with Crippen LogP contribution in [0.2, 0.25) is 4.34 Å². The van der Waals surface area contributed by atoms with Gasteiger partial charge in [-0.2, -0.15) is 18.3 Å². The number of nitrogens with zero attached hydrogens (tertiary/aromatic N) is 3. The Morgan fingerprint density at radius 3 is 2.43 bits per heavy atom. The first kappa shape index (κ1) is 19.9. The number of hydrogen-bond acceptors (Lipinski definition) is 6. The maximum Gasteiger partial charge on any atom is 0.433 e. The van der Waals surface area contributed by atoms with Crippen molar-refractivity contribution < 1.29 is 13.2 Å². The van der Waals surface area contributed by atoms with Crippen molar-refractivity contribution in [3.63, 3.8) is 0 Å². The summed E-state index contributed by atoms with van der Waals surface area (Å²) in [4.78, 5) is 8.24. The molecule has 0 spiro atoms. The summed E-state index contributed by atoms with van der Waals surface area (Å²) in [6.07, 6.45) is -4.25. The van der Waals surface area contributed by atoms with E-state index >= 15 is 0 Å². The zero-order valence-corrected chi connectivity index (χ0v) is 15.7. The number of hydrogen-bond donors (Lipinski definition) is 3. The van der Waals surface area contributed by atoms with Crippen molar-refractivity contribution in [1.82, 2.24) is 9.97 Å². The number of benzene rings is 1. The molecule has 0 amide bonds. The van der Waals surface area contributed by atoms with Gasteiger partial charge in [0.15, 0.2) is 11.5 Å². The van der Waals surface area contributed by atoms with Gasteiger partial charge in [0.1, 0.15) is 11.7 Å². The highest BCUT2D eigenvalue weighted by atomic mass is 35.5. The van der Waals surface area contributed by atoms with Crippen LogP contribution < -0.4 is 16.9 Å². The summed E-state index contributed by atoms with van der Waals surface area (Å²) in [5.74, 6) is 5.33. The third-order valence-corrected chi connectivity index (χ3v) is 4.81. The fourth-order valence-corrected chi connectivity index (χ4v) is 3.29. The number of amidine groups is 1. The van der Waals surface area contributed by atoms with Gasteiger partial charge in [-0.3, -0.25) is 0 Å². The molecule has 0 aliphatic heterocycles. The number of aromatic nitrogens is 2. The molecule has 28 heavy (non-hydrogen) atoms. The molecular weight excluding hydrogens is 413 g/mol. The minimum atomic E-state index is -4.61. The van der Waals surface area contributed by atoms with Crippen LogP contribution in [-0.4, -0.2) is 15.8 Å². The van der Waals surface area contributed by atoms with Crippen LogP contribution in [0.1, 0.15) is 11.3 Å². The zero-order valence-electron chi connectivity index (χ0n) is 14.2. The highest BCUT2D eigenvalue weighted by Gasteiger charge is 2.34. The SMILES string of the molecule is N/N=C(\N)Cc1ccc(Nc2cc(C(F)(F)F)nc(-c3ccc(Cl)s3)n2)cc1. The number of hydrazone groups is 1. The molecule has 0 fully saturated rings. The van der Waals surface area contributed by atoms with E-state index in [2.05, 4.69) is 20.4 Å². The van der Waals surface area contributed by atoms with Crippen molar-refractivity contribution in [2.45, 2.75) is 12.6 Å². The van der Waals surface area contributed by atoms with Crippen LogP contribution in [0.25, 0.3) is 10.7 Å². The Balaban J connectivity index is 1.90. The third kappa shape index (κ3) is 4.90. The van der Waals surface area contributed by atoms with Gasteiger partial charge in [0.2, 0.25) is 0 Å². The smallest absolute Gasteiger partial charge is 0.385 e. The van der Waals surface area contributed by atoms with Gasteiger partial charge in [0.25, 0.3) is 0 Å². The van der Waals surface area contributed by atoms with Gasteiger partial charge in [-0.1, -0.05) is 23.7 Å². The van der Waals surface area contributed by atoms with Gasteiger partial charge in [0, 0.05) is 18.2 Å². The normalized spacial score (nSPS) is 12.2. The van der Waals surface area contributed by atoms with E-state index in [9.17, 15) is 13.2 Å². The van der Waals surface area contributed by atoms with Gasteiger partial charge in [-0.15, -0.1) is 11.3 Å². The molecule has 0 radical (unpaired) electrons. The van der Waals surface area contributed by atoms with Gasteiger partial charge in [-0.05, 0) is 29.8 Å². The molecule has 0 saturated carbocycles. The summed E-state index contributed by atoms with van der Waals surface area (Å²) in [6, 6.07) is 10.9. The van der Waals surface area contributed by atoms with Crippen LogP contribution in [0, 0.1) is 0 Å². The quantitative estimate of drug-likeness (QED) is 0.243. The van der Waals surface area contributed by atoms with E-state index < -0.39 is 11.9 Å². The summed E-state index contributed by atoms with van der Waals surface area (Å²) < 4.78 is 40.2. The maximum absolute atomic E-state index is 13.2. The van der Waals surface area contributed by atoms with Crippen molar-refractivity contribution in [2.75, 3.05) is 5.32 Å². The van der Waals surface area contributed by atoms with E-state index in [1.807, 2.05) is 0 Å². The van der Waals surface area contributed by atoms with Crippen LogP contribution in [-0.2, 0) is 12.6 Å². The Morgan fingerprint density at radius 2 is 1.86 bits per heavy atom. The Labute approximate surface area is 167 Å². The minimum Gasteiger partial charge on any atom is -0.385 e. The number of nitrogens with one attached hydrogen (secondary N) is 1. The summed E-state index contributed by atoms with van der Waals surface area (Å²) in [6.45, 7) is 0. The number of anilines is 2. The summed E-state index contributed by atoms with van der Waals surface area (Å²) in [5.41, 5.74) is 5.93. The van der Waals surface area contributed by atoms with Crippen molar-refractivity contribution in [2.24, 2.45) is 16.7 Å². The molecule has 2 aromatic heterocycles.